The van der Waals surface area contributed by atoms with Crippen molar-refractivity contribution < 1.29 is 14.6 Å². The van der Waals surface area contributed by atoms with Gasteiger partial charge in [0.2, 0.25) is 0 Å². The molecule has 4 nitrogen and oxygen atoms in total. The fourth-order valence-corrected chi connectivity index (χ4v) is 1.56. The molecule has 0 aromatic rings. The molecule has 0 aromatic heterocycles. The average Bonchev–Trinajstić information content (AvgIpc) is 2.30. The van der Waals surface area contributed by atoms with Gasteiger partial charge in [0.15, 0.2) is 0 Å². The minimum Gasteiger partial charge on any atom is -0.444 e. The second-order valence-electron chi connectivity index (χ2n) is 4.81. The van der Waals surface area contributed by atoms with Crippen molar-refractivity contribution in [2.75, 3.05) is 0 Å². The van der Waals surface area contributed by atoms with Crippen molar-refractivity contribution in [2.45, 2.75) is 57.8 Å². The summed E-state index contributed by atoms with van der Waals surface area (Å²) in [6, 6.07) is 0.0693. The maximum Gasteiger partial charge on any atom is 0.407 e. The van der Waals surface area contributed by atoms with E-state index in [1.54, 1.807) is 0 Å². The summed E-state index contributed by atoms with van der Waals surface area (Å²) in [5.41, 5.74) is -0.457. The van der Waals surface area contributed by atoms with Gasteiger partial charge in [0.1, 0.15) is 5.60 Å². The van der Waals surface area contributed by atoms with E-state index in [-0.39, 0.29) is 12.1 Å². The van der Waals surface area contributed by atoms with Crippen LogP contribution in [0.5, 0.6) is 0 Å². The van der Waals surface area contributed by atoms with Crippen molar-refractivity contribution in [2.24, 2.45) is 0 Å². The quantitative estimate of drug-likeness (QED) is 0.674. The number of carbonyl (C=O) groups excluding carboxylic acids is 1. The van der Waals surface area contributed by atoms with Crippen molar-refractivity contribution in [3.8, 4) is 0 Å². The Morgan fingerprint density at radius 2 is 2.07 bits per heavy atom. The number of aliphatic hydroxyl groups is 1. The molecule has 1 rings (SSSR count). The molecule has 14 heavy (non-hydrogen) atoms. The average molecular weight is 201 g/mol. The molecule has 0 heterocycles. The van der Waals surface area contributed by atoms with Crippen LogP contribution in [0.25, 0.3) is 0 Å². The second kappa shape index (κ2) is 4.17. The van der Waals surface area contributed by atoms with Crippen LogP contribution in [0.3, 0.4) is 0 Å². The summed E-state index contributed by atoms with van der Waals surface area (Å²) in [6.07, 6.45) is 1.58. The van der Waals surface area contributed by atoms with E-state index < -0.39 is 11.7 Å². The first-order chi connectivity index (χ1) is 6.37. The van der Waals surface area contributed by atoms with Crippen LogP contribution in [0.1, 0.15) is 40.0 Å². The first-order valence-corrected chi connectivity index (χ1v) is 5.04. The maximum absolute atomic E-state index is 11.3. The van der Waals surface area contributed by atoms with Crippen LogP contribution in [-0.2, 0) is 4.74 Å². The highest BCUT2D eigenvalue weighted by atomic mass is 16.6. The molecule has 82 valence electrons. The summed E-state index contributed by atoms with van der Waals surface area (Å²) >= 11 is 0. The van der Waals surface area contributed by atoms with Crippen molar-refractivity contribution in [3.05, 3.63) is 0 Å². The molecule has 0 aliphatic heterocycles. The SMILES string of the molecule is CC(C)(C)OC(=O)N[C@H]1CC[C@H](O)C1. The van der Waals surface area contributed by atoms with E-state index in [0.29, 0.717) is 6.42 Å². The molecule has 0 saturated heterocycles. The monoisotopic (exact) mass is 201 g/mol. The van der Waals surface area contributed by atoms with Gasteiger partial charge in [0, 0.05) is 6.04 Å². The molecular formula is C10H19NO3. The van der Waals surface area contributed by atoms with Gasteiger partial charge in [-0.3, -0.25) is 0 Å². The minimum atomic E-state index is -0.457. The van der Waals surface area contributed by atoms with Crippen molar-refractivity contribution in [1.82, 2.24) is 5.32 Å². The smallest absolute Gasteiger partial charge is 0.407 e. The zero-order valence-corrected chi connectivity index (χ0v) is 9.04. The molecule has 0 unspecified atom stereocenters. The van der Waals surface area contributed by atoms with E-state index in [0.717, 1.165) is 12.8 Å². The number of aliphatic hydroxyl groups excluding tert-OH is 1. The fraction of sp³-hybridized carbons (Fsp3) is 0.900. The van der Waals surface area contributed by atoms with Crippen LogP contribution in [0.4, 0.5) is 4.79 Å². The van der Waals surface area contributed by atoms with Crippen molar-refractivity contribution in [3.63, 3.8) is 0 Å². The van der Waals surface area contributed by atoms with E-state index in [4.69, 9.17) is 4.74 Å². The lowest BCUT2D eigenvalue weighted by Crippen LogP contribution is -2.38. The van der Waals surface area contributed by atoms with E-state index in [1.807, 2.05) is 20.8 Å². The summed E-state index contributed by atoms with van der Waals surface area (Å²) in [7, 11) is 0. The Morgan fingerprint density at radius 3 is 2.50 bits per heavy atom. The molecule has 2 N–H and O–H groups in total. The van der Waals surface area contributed by atoms with E-state index >= 15 is 0 Å². The van der Waals surface area contributed by atoms with Gasteiger partial charge in [0.25, 0.3) is 0 Å². The molecule has 0 spiro atoms. The van der Waals surface area contributed by atoms with Crippen LogP contribution in [0.15, 0.2) is 0 Å². The third-order valence-electron chi connectivity index (χ3n) is 2.13. The highest BCUT2D eigenvalue weighted by molar-refractivity contribution is 5.68. The molecule has 1 fully saturated rings. The largest absolute Gasteiger partial charge is 0.444 e. The van der Waals surface area contributed by atoms with Gasteiger partial charge < -0.3 is 15.2 Å². The van der Waals surface area contributed by atoms with Crippen LogP contribution in [0, 0.1) is 0 Å². The normalized spacial score (nSPS) is 27.4. The third-order valence-corrected chi connectivity index (χ3v) is 2.13. The van der Waals surface area contributed by atoms with E-state index in [9.17, 15) is 9.90 Å². The van der Waals surface area contributed by atoms with E-state index in [2.05, 4.69) is 5.32 Å². The number of amides is 1. The number of hydrogen-bond acceptors (Lipinski definition) is 3. The zero-order valence-electron chi connectivity index (χ0n) is 9.04. The summed E-state index contributed by atoms with van der Waals surface area (Å²) in [6.45, 7) is 5.49. The Labute approximate surface area is 84.6 Å². The Balaban J connectivity index is 2.27. The molecule has 1 saturated carbocycles. The molecule has 1 aliphatic carbocycles. The van der Waals surface area contributed by atoms with Gasteiger partial charge in [0.05, 0.1) is 6.10 Å². The molecule has 0 bridgehead atoms. The number of alkyl carbamates (subject to hydrolysis) is 1. The summed E-state index contributed by atoms with van der Waals surface area (Å²) in [5, 5.41) is 12.0. The van der Waals surface area contributed by atoms with Crippen molar-refractivity contribution in [1.29, 1.82) is 0 Å². The molecule has 0 aromatic carbocycles. The lowest BCUT2D eigenvalue weighted by molar-refractivity contribution is 0.0502. The Bertz CT molecular complexity index is 210. The van der Waals surface area contributed by atoms with Crippen LogP contribution in [-0.4, -0.2) is 28.9 Å². The first-order valence-electron chi connectivity index (χ1n) is 5.04. The minimum absolute atomic E-state index is 0.0693. The predicted molar refractivity (Wildman–Crippen MR) is 53.0 cm³/mol. The summed E-state index contributed by atoms with van der Waals surface area (Å²) in [5.74, 6) is 0. The van der Waals surface area contributed by atoms with Crippen LogP contribution >= 0.6 is 0 Å². The van der Waals surface area contributed by atoms with E-state index in [1.165, 1.54) is 0 Å². The van der Waals surface area contributed by atoms with Crippen LogP contribution < -0.4 is 5.32 Å². The molecule has 0 radical (unpaired) electrons. The van der Waals surface area contributed by atoms with Gasteiger partial charge in [-0.2, -0.15) is 0 Å². The molecule has 4 heteroatoms. The van der Waals surface area contributed by atoms with Crippen LogP contribution in [0.2, 0.25) is 0 Å². The Hall–Kier alpha value is -0.770. The Kier molecular flexibility index (Phi) is 3.37. The van der Waals surface area contributed by atoms with Gasteiger partial charge in [-0.05, 0) is 40.0 Å². The molecule has 1 amide bonds. The van der Waals surface area contributed by atoms with Gasteiger partial charge in [-0.15, -0.1) is 0 Å². The number of rotatable bonds is 1. The molecular weight excluding hydrogens is 182 g/mol. The maximum atomic E-state index is 11.3. The number of hydrogen-bond donors (Lipinski definition) is 2. The van der Waals surface area contributed by atoms with Crippen molar-refractivity contribution >= 4 is 6.09 Å². The molecule has 2 atom stereocenters. The topological polar surface area (TPSA) is 58.6 Å². The fourth-order valence-electron chi connectivity index (χ4n) is 1.56. The highest BCUT2D eigenvalue weighted by Gasteiger charge is 2.26. The zero-order chi connectivity index (χ0) is 10.8. The number of carbonyl (C=O) groups is 1. The lowest BCUT2D eigenvalue weighted by Gasteiger charge is -2.21. The van der Waals surface area contributed by atoms with Gasteiger partial charge in [-0.25, -0.2) is 4.79 Å². The summed E-state index contributed by atoms with van der Waals surface area (Å²) < 4.78 is 5.10. The number of nitrogens with one attached hydrogen (secondary N) is 1. The predicted octanol–water partition coefficient (Wildman–Crippen LogP) is 1.42. The Morgan fingerprint density at radius 1 is 1.43 bits per heavy atom. The first kappa shape index (κ1) is 11.3. The number of ether oxygens (including phenoxy) is 1. The summed E-state index contributed by atoms with van der Waals surface area (Å²) in [4.78, 5) is 11.3. The molecule has 1 aliphatic rings. The standard InChI is InChI=1S/C10H19NO3/c1-10(2,3)14-9(13)11-7-4-5-8(12)6-7/h7-8,12H,4-6H2,1-3H3,(H,11,13)/t7-,8-/m0/s1. The second-order valence-corrected chi connectivity index (χ2v) is 4.81. The lowest BCUT2D eigenvalue weighted by atomic mass is 10.2. The van der Waals surface area contributed by atoms with Gasteiger partial charge in [-0.1, -0.05) is 0 Å². The highest BCUT2D eigenvalue weighted by Crippen LogP contribution is 2.19. The third kappa shape index (κ3) is 3.96. The van der Waals surface area contributed by atoms with Gasteiger partial charge >= 0.3 is 6.09 Å².